The summed E-state index contributed by atoms with van der Waals surface area (Å²) in [5.41, 5.74) is 22.2. The van der Waals surface area contributed by atoms with Crippen LogP contribution < -0.4 is 45.2 Å². The van der Waals surface area contributed by atoms with Crippen molar-refractivity contribution in [2.24, 2.45) is 22.9 Å². The summed E-state index contributed by atoms with van der Waals surface area (Å²) < 4.78 is 51.7. The van der Waals surface area contributed by atoms with E-state index in [1.807, 2.05) is 109 Å². The van der Waals surface area contributed by atoms with E-state index in [0.717, 1.165) is 51.3 Å². The summed E-state index contributed by atoms with van der Waals surface area (Å²) in [5, 5.41) is 41.8. The highest BCUT2D eigenvalue weighted by molar-refractivity contribution is 7.40. The van der Waals surface area contributed by atoms with Gasteiger partial charge in [0.1, 0.15) is 49.3 Å². The maximum atomic E-state index is 12.0. The van der Waals surface area contributed by atoms with Crippen LogP contribution in [-0.2, 0) is 37.9 Å². The fraction of sp³-hybridized carbons (Fsp3) is 0.500. The summed E-state index contributed by atoms with van der Waals surface area (Å²) in [6, 6.07) is 14.8. The fourth-order valence-corrected chi connectivity index (χ4v) is 11.1. The molecule has 4 aliphatic rings. The van der Waals surface area contributed by atoms with Gasteiger partial charge >= 0.3 is 0 Å². The van der Waals surface area contributed by atoms with Crippen LogP contribution in [0.2, 0.25) is 0 Å². The van der Waals surface area contributed by atoms with Crippen molar-refractivity contribution in [3.8, 4) is 0 Å². The van der Waals surface area contributed by atoms with Gasteiger partial charge in [-0.2, -0.15) is 0 Å². The molecule has 12 unspecified atom stereocenters. The topological polar surface area (TPSA) is 478 Å². The molecule has 4 aliphatic heterocycles. The summed E-state index contributed by atoms with van der Waals surface area (Å²) in [5.74, 6) is 0. The van der Waals surface area contributed by atoms with E-state index in [0.29, 0.717) is 60.6 Å². The number of carbonyl (C=O) groups excluding carboxylic acids is 4. The molecule has 0 aliphatic carbocycles. The van der Waals surface area contributed by atoms with Gasteiger partial charge in [0.05, 0.1) is 105 Å². The third kappa shape index (κ3) is 29.8. The van der Waals surface area contributed by atoms with Gasteiger partial charge in [-0.1, -0.05) is 13.8 Å². The molecule has 0 aromatic carbocycles. The van der Waals surface area contributed by atoms with E-state index in [2.05, 4.69) is 42.9 Å². The molecule has 4 saturated heterocycles. The first-order valence-corrected chi connectivity index (χ1v) is 36.2. The first kappa shape index (κ1) is 94.3. The van der Waals surface area contributed by atoms with Crippen molar-refractivity contribution in [1.82, 2.24) is 38.2 Å². The number of nitrogens with zero attached hydrogens (tertiary/aromatic N) is 4. The number of amides is 4. The van der Waals surface area contributed by atoms with Crippen LogP contribution in [0, 0.1) is 27.7 Å². The first-order valence-electron chi connectivity index (χ1n) is 31.7. The zero-order valence-electron chi connectivity index (χ0n) is 59.2. The van der Waals surface area contributed by atoms with Crippen molar-refractivity contribution in [3.63, 3.8) is 0 Å². The van der Waals surface area contributed by atoms with Crippen LogP contribution in [0.25, 0.3) is 43.6 Å². The maximum Gasteiger partial charge on any atom is 0.257 e. The molecule has 0 bridgehead atoms. The molecular weight excluding hydrogens is 1520 g/mol. The van der Waals surface area contributed by atoms with Crippen LogP contribution in [0.1, 0.15) is 87.2 Å². The molecule has 32 nitrogen and oxygen atoms in total. The Balaban J connectivity index is 0.000000426. The molecule has 12 rings (SSSR count). The van der Waals surface area contributed by atoms with Gasteiger partial charge in [-0.25, -0.2) is 0 Å². The summed E-state index contributed by atoms with van der Waals surface area (Å²) >= 11 is 19.1. The van der Waals surface area contributed by atoms with Crippen molar-refractivity contribution >= 4 is 150 Å². The van der Waals surface area contributed by atoms with E-state index in [4.69, 9.17) is 89.4 Å². The standard InChI is InChI=1S/C15H20N2O4.2C14H18N2O4.C13H16N2O4.C2H6.2CH2Cl2.4CH4NOP/c1-9-6-11-10(15(18)16-9)4-5-17(11)14-7-12(20-3)13(21-14)8-19-2;2*1-8-5-10-9(14(18)15-8)3-4-16(10)13-6-11(17)12(20-13)7-19-2;1-7-4-9-8(13(18)14-7)2-3-15(9)12-5-10(17)11(6-16)19-12;1-2;2*2-1-3;4*2-1(3)4/h4-6,12-14H,7-8H2,1-3H3,(H,16,18);2*3-5,11-13,17H,6-7H2,1-2H3,(H,15,18);2-4,10-12,16-17H,5-6H2,1H3,(H,14,18);1-2H3;2*1H2;4*4H2,(H2,2,3)/t12-,13?,14?;2*11-,12?,13?;10-,11?,12?;;;;;;;/m1111......./s1. The number of aliphatic hydroxyl groups excluding tert-OH is 4. The number of hydrogen-bond donors (Lipinski definition) is 12. The van der Waals surface area contributed by atoms with Crippen LogP contribution in [0.3, 0.4) is 0 Å². The monoisotopic (exact) mass is 1620 g/mol. The van der Waals surface area contributed by atoms with E-state index < -0.39 is 47.0 Å². The number of aromatic amines is 4. The van der Waals surface area contributed by atoms with Gasteiger partial charge < -0.3 is 119 Å². The zero-order valence-corrected chi connectivity index (χ0v) is 66.8. The number of methoxy groups -OCH3 is 4. The number of H-pyrrole nitrogens is 4. The third-order valence-electron chi connectivity index (χ3n) is 15.0. The number of aryl methyl sites for hydroxylation is 4. The third-order valence-corrected chi connectivity index (χ3v) is 15.0. The molecule has 16 N–H and O–H groups in total. The maximum absolute atomic E-state index is 12.0. The van der Waals surface area contributed by atoms with Gasteiger partial charge in [0.15, 0.2) is 0 Å². The predicted octanol–water partition coefficient (Wildman–Crippen LogP) is 7.36. The lowest BCUT2D eigenvalue weighted by molar-refractivity contribution is -0.0595. The number of fused-ring (bicyclic) bond motifs is 4. The molecule has 8 aromatic rings. The number of aliphatic hydroxyl groups is 4. The van der Waals surface area contributed by atoms with Crippen LogP contribution in [0.15, 0.2) is 92.5 Å². The van der Waals surface area contributed by atoms with Crippen LogP contribution in [0.5, 0.6) is 0 Å². The Hall–Kier alpha value is -5.76. The highest BCUT2D eigenvalue weighted by atomic mass is 35.5. The van der Waals surface area contributed by atoms with E-state index in [-0.39, 0.29) is 88.8 Å². The second kappa shape index (κ2) is 48.5. The van der Waals surface area contributed by atoms with Crippen molar-refractivity contribution in [2.45, 2.75) is 141 Å². The highest BCUT2D eigenvalue weighted by Crippen LogP contribution is 2.36. The Morgan fingerprint density at radius 2 is 0.663 bits per heavy atom. The van der Waals surface area contributed by atoms with Gasteiger partial charge in [0.25, 0.3) is 22.2 Å². The number of pyridine rings is 4. The Morgan fingerprint density at radius 3 is 0.885 bits per heavy atom. The van der Waals surface area contributed by atoms with E-state index >= 15 is 0 Å². The molecule has 40 heteroatoms. The summed E-state index contributed by atoms with van der Waals surface area (Å²) in [7, 11) is 13.7. The minimum atomic E-state index is -0.685. The van der Waals surface area contributed by atoms with Gasteiger partial charge in [0.2, 0.25) is 22.6 Å². The SMILES string of the molecule is CC.COCC1OC(n2ccc3c(=O)[nH]c(C)cc32)C[C@H]1O.COCC1OC(n2ccc3c(=O)[nH]c(C)cc32)C[C@H]1O.COCC1OC(n2ccc3c(=O)[nH]c(C)cc32)C[C@H]1OC.Cc1cc2c(ccn2C2C[C@@H](O)C(CO)O2)c(=O)[nH]1.ClCCl.ClCCl.NC(=O)P.NC(=O)P.NC(=O)P.NC(=O)P. The molecule has 4 fully saturated rings. The average molecular weight is 1620 g/mol. The number of nitrogens with two attached hydrogens (primary N) is 4. The number of hydrogen-bond acceptors (Lipinski definition) is 20. The second-order valence-electron chi connectivity index (χ2n) is 22.5. The highest BCUT2D eigenvalue weighted by Gasteiger charge is 2.39. The van der Waals surface area contributed by atoms with Gasteiger partial charge in [-0.15, -0.1) is 46.4 Å². The van der Waals surface area contributed by atoms with E-state index in [9.17, 15) is 53.7 Å². The number of alkyl halides is 4. The first-order chi connectivity index (χ1) is 49.2. The average Bonchev–Trinajstić information content (AvgIpc) is 1.65. The second-order valence-corrected chi connectivity index (χ2v) is 26.4. The summed E-state index contributed by atoms with van der Waals surface area (Å²) in [6.45, 7) is 12.4. The van der Waals surface area contributed by atoms with Crippen molar-refractivity contribution in [1.29, 1.82) is 0 Å². The molecule has 0 spiro atoms. The summed E-state index contributed by atoms with van der Waals surface area (Å²) in [6.07, 6.45) is 5.28. The Bertz CT molecular complexity index is 4010. The lowest BCUT2D eigenvalue weighted by Gasteiger charge is -2.16. The number of aromatic nitrogens is 8. The molecule has 16 atom stereocenters. The quantitative estimate of drug-likeness (QED) is 0.0419. The minimum absolute atomic E-state index is 0.00417. The molecular formula is C64H98Cl4N12O20P4. The van der Waals surface area contributed by atoms with E-state index in [1.54, 1.807) is 89.8 Å². The lowest BCUT2D eigenvalue weighted by atomic mass is 10.2. The number of primary amides is 4. The minimum Gasteiger partial charge on any atom is -0.394 e. The number of carbonyl (C=O) groups is 4. The van der Waals surface area contributed by atoms with Crippen LogP contribution in [-0.4, -0.2) is 196 Å². The zero-order chi connectivity index (χ0) is 78.8. The summed E-state index contributed by atoms with van der Waals surface area (Å²) in [4.78, 5) is 95.4. The van der Waals surface area contributed by atoms with Crippen molar-refractivity contribution in [2.75, 3.05) is 65.5 Å². The van der Waals surface area contributed by atoms with Crippen LogP contribution >= 0.6 is 83.4 Å². The van der Waals surface area contributed by atoms with Gasteiger partial charge in [0, 0.05) is 102 Å². The molecule has 12 heterocycles. The van der Waals surface area contributed by atoms with Crippen molar-refractivity contribution in [3.05, 3.63) is 138 Å². The molecule has 582 valence electrons. The van der Waals surface area contributed by atoms with Crippen molar-refractivity contribution < 1.29 is 77.5 Å². The lowest BCUT2D eigenvalue weighted by Crippen LogP contribution is -2.27. The normalized spacial score (nSPS) is 21.7. The molecule has 8 aromatic heterocycles. The number of nitrogens with one attached hydrogen (secondary N) is 4. The largest absolute Gasteiger partial charge is 0.394 e. The number of ether oxygens (including phenoxy) is 8. The molecule has 104 heavy (non-hydrogen) atoms. The Kier molecular flexibility index (Phi) is 44.0. The predicted molar refractivity (Wildman–Crippen MR) is 416 cm³/mol. The number of rotatable bonds is 12. The Morgan fingerprint density at radius 1 is 0.452 bits per heavy atom. The van der Waals surface area contributed by atoms with Crippen LogP contribution in [0.4, 0.5) is 19.2 Å². The fourth-order valence-electron chi connectivity index (χ4n) is 11.1. The smallest absolute Gasteiger partial charge is 0.257 e. The Labute approximate surface area is 628 Å². The van der Waals surface area contributed by atoms with Gasteiger partial charge in [-0.3, -0.25) is 38.4 Å². The molecule has 0 radical (unpaired) electrons. The van der Waals surface area contributed by atoms with Gasteiger partial charge in [-0.05, 0) is 113 Å². The van der Waals surface area contributed by atoms with E-state index in [1.165, 1.54) is 0 Å². The molecule has 0 saturated carbocycles. The number of halogens is 4. The molecule has 4 amide bonds.